The summed E-state index contributed by atoms with van der Waals surface area (Å²) in [4.78, 5) is 11.3. The molecule has 6 heteroatoms. The van der Waals surface area contributed by atoms with E-state index in [2.05, 4.69) is 0 Å². The SMILES string of the molecule is CCCCOC(=O)C(C)SCCCC(F)(F)F. The zero-order valence-corrected chi connectivity index (χ0v) is 11.0. The van der Waals surface area contributed by atoms with Crippen molar-refractivity contribution in [3.05, 3.63) is 0 Å². The van der Waals surface area contributed by atoms with E-state index in [0.29, 0.717) is 12.4 Å². The van der Waals surface area contributed by atoms with E-state index in [1.165, 1.54) is 11.8 Å². The summed E-state index contributed by atoms with van der Waals surface area (Å²) in [6, 6.07) is 0. The third-order valence-corrected chi connectivity index (χ3v) is 3.26. The molecule has 0 rings (SSSR count). The maximum Gasteiger partial charge on any atom is 0.389 e. The van der Waals surface area contributed by atoms with Gasteiger partial charge >= 0.3 is 12.1 Å². The van der Waals surface area contributed by atoms with E-state index in [1.807, 2.05) is 6.92 Å². The molecular weight excluding hydrogens is 253 g/mol. The molecule has 0 spiro atoms. The smallest absolute Gasteiger partial charge is 0.389 e. The van der Waals surface area contributed by atoms with E-state index >= 15 is 0 Å². The predicted molar refractivity (Wildman–Crippen MR) is 63.1 cm³/mol. The van der Waals surface area contributed by atoms with Crippen molar-refractivity contribution in [2.45, 2.75) is 51.0 Å². The van der Waals surface area contributed by atoms with Gasteiger partial charge in [-0.05, 0) is 25.5 Å². The Morgan fingerprint density at radius 1 is 1.35 bits per heavy atom. The first kappa shape index (κ1) is 16.6. The van der Waals surface area contributed by atoms with Crippen LogP contribution < -0.4 is 0 Å². The largest absolute Gasteiger partial charge is 0.465 e. The van der Waals surface area contributed by atoms with Crippen LogP contribution in [0.15, 0.2) is 0 Å². The lowest BCUT2D eigenvalue weighted by Crippen LogP contribution is -2.18. The number of unbranched alkanes of at least 4 members (excludes halogenated alkanes) is 1. The molecule has 2 nitrogen and oxygen atoms in total. The van der Waals surface area contributed by atoms with E-state index in [-0.39, 0.29) is 17.6 Å². The molecule has 0 saturated heterocycles. The van der Waals surface area contributed by atoms with Gasteiger partial charge < -0.3 is 4.74 Å². The van der Waals surface area contributed by atoms with E-state index in [9.17, 15) is 18.0 Å². The van der Waals surface area contributed by atoms with Crippen LogP contribution in [0, 0.1) is 0 Å². The van der Waals surface area contributed by atoms with Gasteiger partial charge in [-0.2, -0.15) is 13.2 Å². The van der Waals surface area contributed by atoms with E-state index < -0.39 is 12.6 Å². The molecule has 0 aromatic heterocycles. The number of hydrogen-bond acceptors (Lipinski definition) is 3. The fraction of sp³-hybridized carbons (Fsp3) is 0.909. The maximum absolute atomic E-state index is 11.8. The van der Waals surface area contributed by atoms with Crippen LogP contribution in [0.1, 0.15) is 39.5 Å². The standard InChI is InChI=1S/C11H19F3O2S/c1-3-4-7-16-10(15)9(2)17-8-5-6-11(12,13)14/h9H,3-8H2,1-2H3. The Morgan fingerprint density at radius 2 is 2.00 bits per heavy atom. The molecule has 102 valence electrons. The van der Waals surface area contributed by atoms with Crippen molar-refractivity contribution in [3.63, 3.8) is 0 Å². The van der Waals surface area contributed by atoms with Crippen molar-refractivity contribution < 1.29 is 22.7 Å². The van der Waals surface area contributed by atoms with Crippen molar-refractivity contribution in [2.75, 3.05) is 12.4 Å². The first-order chi connectivity index (χ1) is 7.87. The highest BCUT2D eigenvalue weighted by atomic mass is 32.2. The van der Waals surface area contributed by atoms with Gasteiger partial charge in [0.1, 0.15) is 0 Å². The van der Waals surface area contributed by atoms with Gasteiger partial charge in [-0.3, -0.25) is 4.79 Å². The predicted octanol–water partition coefficient (Wildman–Crippen LogP) is 3.79. The van der Waals surface area contributed by atoms with Crippen molar-refractivity contribution in [3.8, 4) is 0 Å². The summed E-state index contributed by atoms with van der Waals surface area (Å²) in [5, 5.41) is -0.389. The number of alkyl halides is 3. The minimum atomic E-state index is -4.11. The van der Waals surface area contributed by atoms with Gasteiger partial charge in [0.15, 0.2) is 0 Å². The van der Waals surface area contributed by atoms with E-state index in [1.54, 1.807) is 6.92 Å². The average molecular weight is 272 g/mol. The molecule has 0 aliphatic heterocycles. The Hall–Kier alpha value is -0.390. The van der Waals surface area contributed by atoms with Gasteiger partial charge in [-0.25, -0.2) is 0 Å². The third kappa shape index (κ3) is 10.5. The summed E-state index contributed by atoms with van der Waals surface area (Å²) < 4.78 is 40.5. The van der Waals surface area contributed by atoms with Crippen LogP contribution in [0.2, 0.25) is 0 Å². The van der Waals surface area contributed by atoms with Gasteiger partial charge in [-0.1, -0.05) is 13.3 Å². The monoisotopic (exact) mass is 272 g/mol. The molecule has 0 heterocycles. The molecule has 0 aromatic carbocycles. The molecular formula is C11H19F3O2S. The zero-order chi connectivity index (χ0) is 13.3. The number of hydrogen-bond donors (Lipinski definition) is 0. The molecule has 0 aliphatic rings. The van der Waals surface area contributed by atoms with Crippen LogP contribution >= 0.6 is 11.8 Å². The number of halogens is 3. The lowest BCUT2D eigenvalue weighted by atomic mass is 10.3. The molecule has 0 radical (unpaired) electrons. The highest BCUT2D eigenvalue weighted by Gasteiger charge is 2.26. The van der Waals surface area contributed by atoms with Crippen molar-refractivity contribution in [1.82, 2.24) is 0 Å². The highest BCUT2D eigenvalue weighted by Crippen LogP contribution is 2.23. The van der Waals surface area contributed by atoms with Gasteiger partial charge in [0.25, 0.3) is 0 Å². The third-order valence-electron chi connectivity index (χ3n) is 2.05. The molecule has 0 fully saturated rings. The second-order valence-corrected chi connectivity index (χ2v) is 5.20. The summed E-state index contributed by atoms with van der Waals surface area (Å²) in [7, 11) is 0. The Bertz CT molecular complexity index is 219. The Labute approximate surface area is 104 Å². The normalized spacial score (nSPS) is 13.5. The molecule has 1 atom stereocenters. The summed E-state index contributed by atoms with van der Waals surface area (Å²) in [6.07, 6.45) is -3.10. The minimum Gasteiger partial charge on any atom is -0.465 e. The zero-order valence-electron chi connectivity index (χ0n) is 10.2. The van der Waals surface area contributed by atoms with Gasteiger partial charge in [0.2, 0.25) is 0 Å². The van der Waals surface area contributed by atoms with Crippen molar-refractivity contribution in [2.24, 2.45) is 0 Å². The van der Waals surface area contributed by atoms with Crippen LogP contribution in [0.3, 0.4) is 0 Å². The lowest BCUT2D eigenvalue weighted by molar-refractivity contribution is -0.142. The Balaban J connectivity index is 3.57. The van der Waals surface area contributed by atoms with Crippen LogP contribution in [0.25, 0.3) is 0 Å². The molecule has 0 N–H and O–H groups in total. The van der Waals surface area contributed by atoms with Crippen LogP contribution in [-0.4, -0.2) is 29.8 Å². The second-order valence-electron chi connectivity index (χ2n) is 3.75. The van der Waals surface area contributed by atoms with Crippen LogP contribution in [0.5, 0.6) is 0 Å². The molecule has 17 heavy (non-hydrogen) atoms. The van der Waals surface area contributed by atoms with Gasteiger partial charge in [0.05, 0.1) is 11.9 Å². The first-order valence-corrected chi connectivity index (χ1v) is 6.76. The molecule has 0 aliphatic carbocycles. The molecule has 0 bridgehead atoms. The summed E-state index contributed by atoms with van der Waals surface area (Å²) in [6.45, 7) is 4.04. The Morgan fingerprint density at radius 3 is 2.53 bits per heavy atom. The van der Waals surface area contributed by atoms with Crippen molar-refractivity contribution in [1.29, 1.82) is 0 Å². The average Bonchev–Trinajstić information content (AvgIpc) is 2.23. The summed E-state index contributed by atoms with van der Waals surface area (Å²) >= 11 is 1.21. The topological polar surface area (TPSA) is 26.3 Å². The molecule has 1 unspecified atom stereocenters. The quantitative estimate of drug-likeness (QED) is 0.496. The number of esters is 1. The fourth-order valence-electron chi connectivity index (χ4n) is 1.04. The summed E-state index contributed by atoms with van der Waals surface area (Å²) in [5.74, 6) is -0.0146. The van der Waals surface area contributed by atoms with Crippen LogP contribution in [-0.2, 0) is 9.53 Å². The maximum atomic E-state index is 11.8. The van der Waals surface area contributed by atoms with Gasteiger partial charge in [-0.15, -0.1) is 11.8 Å². The minimum absolute atomic E-state index is 0.0424. The van der Waals surface area contributed by atoms with E-state index in [4.69, 9.17) is 4.74 Å². The number of rotatable bonds is 8. The van der Waals surface area contributed by atoms with Gasteiger partial charge in [0, 0.05) is 6.42 Å². The Kier molecular flexibility index (Phi) is 8.47. The highest BCUT2D eigenvalue weighted by molar-refractivity contribution is 8.00. The number of carbonyl (C=O) groups is 1. The van der Waals surface area contributed by atoms with E-state index in [0.717, 1.165) is 12.8 Å². The molecule has 0 aromatic rings. The fourth-order valence-corrected chi connectivity index (χ4v) is 1.90. The molecule has 0 amide bonds. The van der Waals surface area contributed by atoms with Crippen molar-refractivity contribution >= 4 is 17.7 Å². The molecule has 0 saturated carbocycles. The summed E-state index contributed by atoms with van der Waals surface area (Å²) in [5.41, 5.74) is 0. The van der Waals surface area contributed by atoms with Crippen LogP contribution in [0.4, 0.5) is 13.2 Å². The first-order valence-electron chi connectivity index (χ1n) is 5.71. The second kappa shape index (κ2) is 8.66. The number of thioether (sulfide) groups is 1. The lowest BCUT2D eigenvalue weighted by Gasteiger charge is -2.11. The number of ether oxygens (including phenoxy) is 1. The number of carbonyl (C=O) groups excluding carboxylic acids is 1.